The van der Waals surface area contributed by atoms with E-state index in [1.54, 1.807) is 0 Å². The molecule has 0 aliphatic rings. The van der Waals surface area contributed by atoms with E-state index in [9.17, 15) is 0 Å². The third-order valence-electron chi connectivity index (χ3n) is 10.8. The number of benzene rings is 9. The van der Waals surface area contributed by atoms with Gasteiger partial charge in [0.05, 0.1) is 22.4 Å². The minimum absolute atomic E-state index is 0.595. The van der Waals surface area contributed by atoms with Crippen LogP contribution in [0.5, 0.6) is 0 Å². The zero-order valence-corrected chi connectivity index (χ0v) is 29.8. The maximum absolute atomic E-state index is 6.75. The van der Waals surface area contributed by atoms with Crippen LogP contribution in [0.15, 0.2) is 205 Å². The van der Waals surface area contributed by atoms with Crippen molar-refractivity contribution in [3.05, 3.63) is 200 Å². The Bertz CT molecular complexity index is 3210. The van der Waals surface area contributed by atoms with Crippen molar-refractivity contribution in [2.45, 2.75) is 0 Å². The molecule has 0 aliphatic heterocycles. The number of rotatable bonds is 6. The Morgan fingerprint density at radius 2 is 1.11 bits per heavy atom. The normalized spacial score (nSPS) is 11.6. The van der Waals surface area contributed by atoms with E-state index in [0.29, 0.717) is 5.89 Å². The largest absolute Gasteiger partial charge is 0.434 e. The van der Waals surface area contributed by atoms with Crippen molar-refractivity contribution in [1.82, 2.24) is 9.55 Å². The van der Waals surface area contributed by atoms with Crippen molar-refractivity contribution in [3.8, 4) is 28.3 Å². The summed E-state index contributed by atoms with van der Waals surface area (Å²) in [5.74, 6) is 0.595. The van der Waals surface area contributed by atoms with E-state index in [1.807, 2.05) is 36.4 Å². The third-order valence-corrected chi connectivity index (χ3v) is 10.8. The summed E-state index contributed by atoms with van der Waals surface area (Å²) in [5, 5.41) is 7.22. The molecule has 0 bridgehead atoms. The molecule has 0 radical (unpaired) electrons. The van der Waals surface area contributed by atoms with Gasteiger partial charge in [0.1, 0.15) is 5.52 Å². The fourth-order valence-corrected chi connectivity index (χ4v) is 8.27. The monoisotopic (exact) mass is 703 g/mol. The van der Waals surface area contributed by atoms with Gasteiger partial charge in [-0.2, -0.15) is 0 Å². The Labute approximate surface area is 317 Å². The van der Waals surface area contributed by atoms with E-state index in [1.165, 1.54) is 32.4 Å². The summed E-state index contributed by atoms with van der Waals surface area (Å²) in [6.45, 7) is 0. The zero-order chi connectivity index (χ0) is 36.3. The molecule has 0 fully saturated rings. The van der Waals surface area contributed by atoms with Crippen molar-refractivity contribution >= 4 is 71.5 Å². The Hall–Kier alpha value is -7.43. The Morgan fingerprint density at radius 3 is 1.96 bits per heavy atom. The Kier molecular flexibility index (Phi) is 7.14. The highest BCUT2D eigenvalue weighted by atomic mass is 16.3. The third kappa shape index (κ3) is 5.11. The van der Waals surface area contributed by atoms with Crippen molar-refractivity contribution < 1.29 is 4.42 Å². The van der Waals surface area contributed by atoms with E-state index in [4.69, 9.17) is 9.40 Å². The van der Waals surface area contributed by atoms with Crippen molar-refractivity contribution in [2.24, 2.45) is 0 Å². The van der Waals surface area contributed by atoms with E-state index in [-0.39, 0.29) is 0 Å². The molecule has 0 amide bonds. The first-order valence-electron chi connectivity index (χ1n) is 18.6. The summed E-state index contributed by atoms with van der Waals surface area (Å²) in [6.07, 6.45) is 0. The second-order valence-electron chi connectivity index (χ2n) is 14.0. The Balaban J connectivity index is 1.23. The van der Waals surface area contributed by atoms with Gasteiger partial charge in [0, 0.05) is 33.1 Å². The van der Waals surface area contributed by atoms with E-state index >= 15 is 0 Å². The number of hydrogen-bond acceptors (Lipinski definition) is 3. The molecular weight excluding hydrogens is 671 g/mol. The molecule has 0 unspecified atom stereocenters. The van der Waals surface area contributed by atoms with E-state index in [0.717, 1.165) is 61.4 Å². The van der Waals surface area contributed by atoms with Gasteiger partial charge in [-0.05, 0) is 94.0 Å². The molecule has 0 saturated carbocycles. The molecule has 9 aromatic carbocycles. The molecule has 11 rings (SSSR count). The second-order valence-corrected chi connectivity index (χ2v) is 14.0. The van der Waals surface area contributed by atoms with Gasteiger partial charge in [-0.25, -0.2) is 4.98 Å². The predicted molar refractivity (Wildman–Crippen MR) is 229 cm³/mol. The second kappa shape index (κ2) is 12.6. The number of aromatic nitrogens is 2. The molecule has 2 aromatic heterocycles. The zero-order valence-electron chi connectivity index (χ0n) is 29.8. The van der Waals surface area contributed by atoms with Gasteiger partial charge in [0.2, 0.25) is 5.89 Å². The maximum Gasteiger partial charge on any atom is 0.227 e. The Morgan fingerprint density at radius 1 is 0.436 bits per heavy atom. The molecular formula is C51H33N3O. The smallest absolute Gasteiger partial charge is 0.227 e. The predicted octanol–water partition coefficient (Wildman–Crippen LogP) is 14.0. The highest BCUT2D eigenvalue weighted by Crippen LogP contribution is 2.47. The van der Waals surface area contributed by atoms with Crippen LogP contribution in [0.4, 0.5) is 17.1 Å². The molecule has 0 aliphatic carbocycles. The highest BCUT2D eigenvalue weighted by molar-refractivity contribution is 6.25. The molecule has 11 aromatic rings. The highest BCUT2D eigenvalue weighted by Gasteiger charge is 2.25. The molecule has 0 spiro atoms. The summed E-state index contributed by atoms with van der Waals surface area (Å²) < 4.78 is 9.15. The molecule has 55 heavy (non-hydrogen) atoms. The minimum atomic E-state index is 0.595. The molecule has 258 valence electrons. The minimum Gasteiger partial charge on any atom is -0.434 e. The molecule has 4 nitrogen and oxygen atoms in total. The maximum atomic E-state index is 6.75. The first-order chi connectivity index (χ1) is 27.3. The molecule has 2 heterocycles. The number of para-hydroxylation sites is 3. The summed E-state index contributed by atoms with van der Waals surface area (Å²) in [7, 11) is 0. The van der Waals surface area contributed by atoms with E-state index < -0.39 is 0 Å². The fourth-order valence-electron chi connectivity index (χ4n) is 8.27. The van der Waals surface area contributed by atoms with Crippen LogP contribution in [-0.2, 0) is 0 Å². The van der Waals surface area contributed by atoms with Gasteiger partial charge in [-0.15, -0.1) is 0 Å². The van der Waals surface area contributed by atoms with E-state index in [2.05, 4.69) is 173 Å². The van der Waals surface area contributed by atoms with Crippen molar-refractivity contribution in [2.75, 3.05) is 4.90 Å². The first-order valence-corrected chi connectivity index (χ1v) is 18.6. The van der Waals surface area contributed by atoms with Crippen LogP contribution < -0.4 is 4.90 Å². The molecule has 0 saturated heterocycles. The number of nitrogens with zero attached hydrogens (tertiary/aromatic N) is 3. The molecule has 0 atom stereocenters. The van der Waals surface area contributed by atoms with Crippen LogP contribution in [-0.4, -0.2) is 9.55 Å². The lowest BCUT2D eigenvalue weighted by atomic mass is 9.99. The topological polar surface area (TPSA) is 34.2 Å². The first kappa shape index (κ1) is 31.1. The lowest BCUT2D eigenvalue weighted by Gasteiger charge is -2.28. The number of oxazole rings is 1. The molecule has 0 N–H and O–H groups in total. The van der Waals surface area contributed by atoms with Crippen LogP contribution in [0.3, 0.4) is 0 Å². The lowest BCUT2D eigenvalue weighted by molar-refractivity contribution is 0.620. The van der Waals surface area contributed by atoms with Crippen LogP contribution in [0, 0.1) is 0 Å². The SMILES string of the molecule is c1ccc(-c2nc3cccc(N(c4cccc(-c5ccc6ccccc6c5)c4)c4cc5c(c6ccccc46)c4ccccc4n5-c4ccccc4)c3o2)cc1. The van der Waals surface area contributed by atoms with Gasteiger partial charge in [-0.3, -0.25) is 0 Å². The van der Waals surface area contributed by atoms with Gasteiger partial charge in [-0.1, -0.05) is 133 Å². The van der Waals surface area contributed by atoms with Crippen molar-refractivity contribution in [3.63, 3.8) is 0 Å². The van der Waals surface area contributed by atoms with Gasteiger partial charge in [0.15, 0.2) is 5.58 Å². The molecule has 4 heteroatoms. The number of fused-ring (bicyclic) bond motifs is 7. The van der Waals surface area contributed by atoms with Crippen LogP contribution >= 0.6 is 0 Å². The summed E-state index contributed by atoms with van der Waals surface area (Å²) in [4.78, 5) is 7.37. The van der Waals surface area contributed by atoms with Crippen LogP contribution in [0.1, 0.15) is 0 Å². The summed E-state index contributed by atoms with van der Waals surface area (Å²) in [6, 6.07) is 71.0. The van der Waals surface area contributed by atoms with Gasteiger partial charge >= 0.3 is 0 Å². The lowest BCUT2D eigenvalue weighted by Crippen LogP contribution is -2.11. The summed E-state index contributed by atoms with van der Waals surface area (Å²) in [5.41, 5.74) is 11.1. The average Bonchev–Trinajstić information content (AvgIpc) is 3.85. The van der Waals surface area contributed by atoms with Gasteiger partial charge < -0.3 is 13.9 Å². The standard InChI is InChI=1S/C51H33N3O/c1-3-16-35(17-4-1)51-52-44-26-14-28-46(50(44)55-51)54(40-22-13-19-37(32-40)38-30-29-34-15-7-8-18-36(34)31-38)47-33-48-49(42-24-10-9-23-41(42)47)43-25-11-12-27-45(43)53(48)39-20-5-2-6-21-39/h1-33H. The van der Waals surface area contributed by atoms with Crippen LogP contribution in [0.2, 0.25) is 0 Å². The van der Waals surface area contributed by atoms with Crippen LogP contribution in [0.25, 0.3) is 82.7 Å². The fraction of sp³-hybridized carbons (Fsp3) is 0. The number of hydrogen-bond donors (Lipinski definition) is 0. The number of anilines is 3. The summed E-state index contributed by atoms with van der Waals surface area (Å²) >= 11 is 0. The van der Waals surface area contributed by atoms with Gasteiger partial charge in [0.25, 0.3) is 0 Å². The quantitative estimate of drug-likeness (QED) is 0.173. The van der Waals surface area contributed by atoms with Crippen molar-refractivity contribution in [1.29, 1.82) is 0 Å². The average molecular weight is 704 g/mol.